The van der Waals surface area contributed by atoms with E-state index in [2.05, 4.69) is 4.99 Å². The van der Waals surface area contributed by atoms with Crippen LogP contribution in [0.25, 0.3) is 0 Å². The topological polar surface area (TPSA) is 67.9 Å². The number of carbonyl (C=O) groups excluding carboxylic acids is 1. The Morgan fingerprint density at radius 2 is 1.85 bits per heavy atom. The number of halogens is 1. The Labute approximate surface area is 160 Å². The number of benzene rings is 2. The molecule has 0 unspecified atom stereocenters. The summed E-state index contributed by atoms with van der Waals surface area (Å²) in [5, 5.41) is 0. The van der Waals surface area contributed by atoms with Gasteiger partial charge in [0, 0.05) is 13.0 Å². The molecule has 0 aliphatic carbocycles. The van der Waals surface area contributed by atoms with Crippen molar-refractivity contribution < 1.29 is 9.53 Å². The lowest BCUT2D eigenvalue weighted by atomic mass is 10.1. The Morgan fingerprint density at radius 1 is 1.15 bits per heavy atom. The number of rotatable bonds is 6. The van der Waals surface area contributed by atoms with Crippen molar-refractivity contribution in [3.63, 3.8) is 0 Å². The van der Waals surface area contributed by atoms with Gasteiger partial charge in [-0.05, 0) is 29.7 Å². The highest BCUT2D eigenvalue weighted by Gasteiger charge is 2.33. The van der Waals surface area contributed by atoms with Crippen molar-refractivity contribution in [2.24, 2.45) is 10.7 Å². The molecule has 5 nitrogen and oxygen atoms in total. The summed E-state index contributed by atoms with van der Waals surface area (Å²) in [6.45, 7) is 1.07. The fraction of sp³-hybridized carbons (Fsp3) is 0.300. The van der Waals surface area contributed by atoms with Gasteiger partial charge in [-0.25, -0.2) is 0 Å². The van der Waals surface area contributed by atoms with E-state index in [0.29, 0.717) is 25.3 Å². The van der Waals surface area contributed by atoms with Gasteiger partial charge in [0.05, 0.1) is 19.7 Å². The molecule has 26 heavy (non-hydrogen) atoms. The summed E-state index contributed by atoms with van der Waals surface area (Å²) < 4.78 is 5.15. The van der Waals surface area contributed by atoms with Crippen LogP contribution >= 0.6 is 12.4 Å². The summed E-state index contributed by atoms with van der Waals surface area (Å²) in [7, 11) is 1.64. The van der Waals surface area contributed by atoms with Crippen LogP contribution in [0.3, 0.4) is 0 Å². The Hall–Kier alpha value is -2.53. The molecule has 0 saturated carbocycles. The van der Waals surface area contributed by atoms with Gasteiger partial charge in [-0.3, -0.25) is 9.79 Å². The number of nitrogens with two attached hydrogens (primary N) is 1. The summed E-state index contributed by atoms with van der Waals surface area (Å²) in [6.07, 6.45) is 1.25. The molecule has 1 atom stereocenters. The molecule has 1 amide bonds. The lowest BCUT2D eigenvalue weighted by molar-refractivity contribution is -0.128. The largest absolute Gasteiger partial charge is 0.497 e. The third-order valence-corrected chi connectivity index (χ3v) is 4.47. The zero-order valence-electron chi connectivity index (χ0n) is 14.8. The number of methoxy groups -OCH3 is 1. The molecule has 1 fully saturated rings. The van der Waals surface area contributed by atoms with Gasteiger partial charge in [0.15, 0.2) is 0 Å². The van der Waals surface area contributed by atoms with E-state index in [9.17, 15) is 4.79 Å². The van der Waals surface area contributed by atoms with Crippen LogP contribution in [0.2, 0.25) is 0 Å². The van der Waals surface area contributed by atoms with Crippen molar-refractivity contribution in [2.45, 2.75) is 32.0 Å². The molecule has 2 aromatic carbocycles. The van der Waals surface area contributed by atoms with Crippen molar-refractivity contribution in [3.05, 3.63) is 65.7 Å². The second-order valence-electron chi connectivity index (χ2n) is 6.15. The Morgan fingerprint density at radius 3 is 2.50 bits per heavy atom. The molecule has 2 N–H and O–H groups in total. The van der Waals surface area contributed by atoms with E-state index >= 15 is 0 Å². The molecule has 3 rings (SSSR count). The Kier molecular flexibility index (Phi) is 7.04. The number of carbonyl (C=O) groups is 1. The molecule has 1 saturated heterocycles. The van der Waals surface area contributed by atoms with Crippen LogP contribution in [0.15, 0.2) is 59.6 Å². The number of amides is 1. The maximum absolute atomic E-state index is 12.2. The zero-order valence-corrected chi connectivity index (χ0v) is 15.6. The molecule has 0 bridgehead atoms. The number of aliphatic imine (C=N–C) groups is 1. The average Bonchev–Trinajstić information content (AvgIpc) is 3.01. The molecule has 1 aliphatic heterocycles. The number of hydrogen-bond acceptors (Lipinski definition) is 3. The van der Waals surface area contributed by atoms with Crippen molar-refractivity contribution in [3.8, 4) is 5.75 Å². The van der Waals surface area contributed by atoms with Crippen LogP contribution in [0, 0.1) is 0 Å². The molecule has 0 spiro atoms. The zero-order chi connectivity index (χ0) is 17.6. The lowest BCUT2D eigenvalue weighted by Gasteiger charge is -2.24. The van der Waals surface area contributed by atoms with Gasteiger partial charge >= 0.3 is 0 Å². The molecule has 6 heteroatoms. The number of hydrogen-bond donors (Lipinski definition) is 1. The number of likely N-dealkylation sites (tertiary alicyclic amines) is 1. The molecule has 0 aromatic heterocycles. The molecular formula is C20H24ClN3O2. The Balaban J connectivity index is 0.00000243. The first-order valence-electron chi connectivity index (χ1n) is 8.43. The van der Waals surface area contributed by atoms with Crippen molar-refractivity contribution in [1.29, 1.82) is 0 Å². The fourth-order valence-corrected chi connectivity index (χ4v) is 3.04. The normalized spacial score (nSPS) is 17.1. The van der Waals surface area contributed by atoms with Crippen LogP contribution in [-0.2, 0) is 17.9 Å². The minimum Gasteiger partial charge on any atom is -0.497 e. The first-order chi connectivity index (χ1) is 12.2. The summed E-state index contributed by atoms with van der Waals surface area (Å²) in [4.78, 5) is 18.6. The minimum absolute atomic E-state index is 0. The minimum atomic E-state index is -0.119. The Bertz CT molecular complexity index is 747. The fourth-order valence-electron chi connectivity index (χ4n) is 3.04. The van der Waals surface area contributed by atoms with Gasteiger partial charge in [-0.1, -0.05) is 42.5 Å². The van der Waals surface area contributed by atoms with E-state index in [-0.39, 0.29) is 24.4 Å². The van der Waals surface area contributed by atoms with E-state index in [1.54, 1.807) is 7.11 Å². The smallest absolute Gasteiger partial charge is 0.223 e. The average molecular weight is 374 g/mol. The highest BCUT2D eigenvalue weighted by Crippen LogP contribution is 2.22. The van der Waals surface area contributed by atoms with Crippen LogP contribution < -0.4 is 10.5 Å². The predicted octanol–water partition coefficient (Wildman–Crippen LogP) is 3.17. The maximum Gasteiger partial charge on any atom is 0.223 e. The number of ether oxygens (including phenoxy) is 1. The molecule has 0 radical (unpaired) electrons. The van der Waals surface area contributed by atoms with Gasteiger partial charge < -0.3 is 15.4 Å². The van der Waals surface area contributed by atoms with E-state index < -0.39 is 0 Å². The number of amidine groups is 1. The van der Waals surface area contributed by atoms with Crippen LogP contribution in [-0.4, -0.2) is 29.8 Å². The number of nitrogens with zero attached hydrogens (tertiary/aromatic N) is 2. The van der Waals surface area contributed by atoms with E-state index in [1.807, 2.05) is 59.5 Å². The summed E-state index contributed by atoms with van der Waals surface area (Å²) >= 11 is 0. The molecule has 1 heterocycles. The van der Waals surface area contributed by atoms with E-state index in [0.717, 1.165) is 23.3 Å². The third-order valence-electron chi connectivity index (χ3n) is 4.47. The first-order valence-corrected chi connectivity index (χ1v) is 8.43. The van der Waals surface area contributed by atoms with E-state index in [1.165, 1.54) is 0 Å². The second kappa shape index (κ2) is 9.25. The van der Waals surface area contributed by atoms with Crippen LogP contribution in [0.4, 0.5) is 0 Å². The SMILES string of the molecule is COc1ccc(CN=C(N)[C@@H]2CCC(=O)N2Cc2ccccc2)cc1.Cl. The molecule has 138 valence electrons. The monoisotopic (exact) mass is 373 g/mol. The van der Waals surface area contributed by atoms with Gasteiger partial charge in [-0.2, -0.15) is 0 Å². The highest BCUT2D eigenvalue weighted by molar-refractivity contribution is 5.93. The quantitative estimate of drug-likeness (QED) is 0.624. The summed E-state index contributed by atoms with van der Waals surface area (Å²) in [6, 6.07) is 17.6. The predicted molar refractivity (Wildman–Crippen MR) is 106 cm³/mol. The standard InChI is InChI=1S/C20H23N3O2.ClH/c1-25-17-9-7-15(8-10-17)13-22-20(21)18-11-12-19(24)23(18)14-16-5-3-2-4-6-16;/h2-10,18H,11-14H2,1H3,(H2,21,22);1H/t18-;/m0./s1. The first kappa shape index (κ1) is 19.8. The van der Waals surface area contributed by atoms with Crippen LogP contribution in [0.1, 0.15) is 24.0 Å². The van der Waals surface area contributed by atoms with Crippen molar-refractivity contribution in [1.82, 2.24) is 4.90 Å². The third kappa shape index (κ3) is 4.76. The van der Waals surface area contributed by atoms with Crippen LogP contribution in [0.5, 0.6) is 5.75 Å². The summed E-state index contributed by atoms with van der Waals surface area (Å²) in [5.41, 5.74) is 8.38. The van der Waals surface area contributed by atoms with Crippen molar-refractivity contribution in [2.75, 3.05) is 7.11 Å². The van der Waals surface area contributed by atoms with E-state index in [4.69, 9.17) is 10.5 Å². The maximum atomic E-state index is 12.2. The molecule has 1 aliphatic rings. The van der Waals surface area contributed by atoms with Gasteiger partial charge in [0.1, 0.15) is 11.6 Å². The van der Waals surface area contributed by atoms with Gasteiger partial charge in [0.2, 0.25) is 5.91 Å². The second-order valence-corrected chi connectivity index (χ2v) is 6.15. The molecular weight excluding hydrogens is 350 g/mol. The summed E-state index contributed by atoms with van der Waals surface area (Å²) in [5.74, 6) is 1.48. The molecule has 2 aromatic rings. The van der Waals surface area contributed by atoms with Gasteiger partial charge in [-0.15, -0.1) is 12.4 Å². The highest BCUT2D eigenvalue weighted by atomic mass is 35.5. The van der Waals surface area contributed by atoms with Crippen molar-refractivity contribution >= 4 is 24.1 Å². The van der Waals surface area contributed by atoms with Gasteiger partial charge in [0.25, 0.3) is 0 Å². The lowest BCUT2D eigenvalue weighted by Crippen LogP contribution is -2.42.